The third-order valence-corrected chi connectivity index (χ3v) is 4.47. The van der Waals surface area contributed by atoms with E-state index in [0.717, 1.165) is 16.5 Å². The number of fused-ring (bicyclic) bond motifs is 2. The largest absolute Gasteiger partial charge is 0.392 e. The second-order valence-corrected chi connectivity index (χ2v) is 6.58. The van der Waals surface area contributed by atoms with Gasteiger partial charge in [-0.1, -0.05) is 17.3 Å². The van der Waals surface area contributed by atoms with Gasteiger partial charge in [0.1, 0.15) is 11.4 Å². The van der Waals surface area contributed by atoms with Crippen molar-refractivity contribution in [2.75, 3.05) is 13.2 Å². The molecular weight excluding hydrogens is 372 g/mol. The number of oxime groups is 1. The van der Waals surface area contributed by atoms with E-state index in [4.69, 9.17) is 15.1 Å². The number of aromatic nitrogens is 5. The lowest BCUT2D eigenvalue weighted by Crippen LogP contribution is -2.20. The molecule has 0 radical (unpaired) electrons. The van der Waals surface area contributed by atoms with Crippen LogP contribution < -0.4 is 0 Å². The van der Waals surface area contributed by atoms with E-state index in [1.165, 1.54) is 0 Å². The van der Waals surface area contributed by atoms with Crippen LogP contribution in [0.25, 0.3) is 16.6 Å². The summed E-state index contributed by atoms with van der Waals surface area (Å²) in [6.45, 7) is 1.09. The van der Waals surface area contributed by atoms with Crippen molar-refractivity contribution in [1.29, 1.82) is 0 Å². The summed E-state index contributed by atoms with van der Waals surface area (Å²) in [6, 6.07) is 13.6. The maximum Gasteiger partial charge on any atom is 0.177 e. The number of benzene rings is 1. The Morgan fingerprint density at radius 1 is 1.14 bits per heavy atom. The summed E-state index contributed by atoms with van der Waals surface area (Å²) in [5.41, 5.74) is 3.74. The third-order valence-electron chi connectivity index (χ3n) is 4.47. The van der Waals surface area contributed by atoms with Crippen LogP contribution in [0.1, 0.15) is 24.0 Å². The molecule has 0 fully saturated rings. The minimum absolute atomic E-state index is 0.323. The van der Waals surface area contributed by atoms with Crippen molar-refractivity contribution in [1.82, 2.24) is 24.8 Å². The van der Waals surface area contributed by atoms with Crippen LogP contribution in [0.15, 0.2) is 53.8 Å². The average molecular weight is 392 g/mol. The zero-order valence-corrected chi connectivity index (χ0v) is 15.8. The summed E-state index contributed by atoms with van der Waals surface area (Å²) in [7, 11) is 0. The van der Waals surface area contributed by atoms with Crippen LogP contribution in [0.4, 0.5) is 0 Å². The van der Waals surface area contributed by atoms with Gasteiger partial charge in [0.15, 0.2) is 17.6 Å². The van der Waals surface area contributed by atoms with Gasteiger partial charge in [-0.15, -0.1) is 10.2 Å². The van der Waals surface area contributed by atoms with Crippen LogP contribution in [0.5, 0.6) is 0 Å². The van der Waals surface area contributed by atoms with E-state index in [9.17, 15) is 0 Å². The Labute approximate surface area is 166 Å². The molecule has 0 aliphatic carbocycles. The minimum Gasteiger partial charge on any atom is -0.392 e. The molecular formula is C20H20N6O3. The molecule has 0 bridgehead atoms. The van der Waals surface area contributed by atoms with Gasteiger partial charge in [0.05, 0.1) is 18.7 Å². The summed E-state index contributed by atoms with van der Waals surface area (Å²) in [5, 5.41) is 36.2. The summed E-state index contributed by atoms with van der Waals surface area (Å²) in [6.07, 6.45) is 1.57. The van der Waals surface area contributed by atoms with Crippen LogP contribution in [-0.4, -0.2) is 60.0 Å². The van der Waals surface area contributed by atoms with Crippen LogP contribution in [-0.2, 0) is 11.3 Å². The van der Waals surface area contributed by atoms with Gasteiger partial charge in [0.25, 0.3) is 0 Å². The molecule has 3 aromatic heterocycles. The number of hydrogen-bond donors (Lipinski definition) is 2. The Morgan fingerprint density at radius 2 is 2.00 bits per heavy atom. The Morgan fingerprint density at radius 3 is 2.83 bits per heavy atom. The maximum absolute atomic E-state index is 9.07. The number of aliphatic hydroxyl groups is 2. The summed E-state index contributed by atoms with van der Waals surface area (Å²) in [5.74, 6) is 0.697. The monoisotopic (exact) mass is 392 g/mol. The molecule has 2 N–H and O–H groups in total. The smallest absolute Gasteiger partial charge is 0.177 e. The van der Waals surface area contributed by atoms with Crippen molar-refractivity contribution in [3.8, 4) is 0 Å². The van der Waals surface area contributed by atoms with Gasteiger partial charge in [-0.3, -0.25) is 4.98 Å². The molecule has 1 aromatic carbocycles. The standard InChI is InChI=1S/C20H20N6O3/c1-13(25-29-16(11-27)12-28)17-6-7-19-22-23-20(26(19)24-17)10-14-4-5-18-15(9-14)3-2-8-21-18/h2-9,16,27-28H,10-12H2,1H3/b25-13-. The molecule has 0 spiro atoms. The van der Waals surface area contributed by atoms with E-state index in [1.807, 2.05) is 24.3 Å². The molecule has 0 atom stereocenters. The Kier molecular flexibility index (Phi) is 5.41. The second-order valence-electron chi connectivity index (χ2n) is 6.58. The van der Waals surface area contributed by atoms with Gasteiger partial charge in [0.2, 0.25) is 0 Å². The number of aliphatic hydroxyl groups excluding tert-OH is 2. The first-order chi connectivity index (χ1) is 14.2. The lowest BCUT2D eigenvalue weighted by Gasteiger charge is -2.09. The molecule has 3 heterocycles. The lowest BCUT2D eigenvalue weighted by molar-refractivity contribution is -0.0170. The van der Waals surface area contributed by atoms with E-state index in [1.54, 1.807) is 29.8 Å². The third kappa shape index (κ3) is 4.05. The fourth-order valence-electron chi connectivity index (χ4n) is 2.88. The summed E-state index contributed by atoms with van der Waals surface area (Å²) < 4.78 is 1.68. The van der Waals surface area contributed by atoms with E-state index in [-0.39, 0.29) is 13.2 Å². The van der Waals surface area contributed by atoms with Crippen LogP contribution in [0, 0.1) is 0 Å². The Balaban J connectivity index is 1.61. The van der Waals surface area contributed by atoms with Gasteiger partial charge in [-0.25, -0.2) is 0 Å². The van der Waals surface area contributed by atoms with Crippen LogP contribution in [0.3, 0.4) is 0 Å². The first-order valence-corrected chi connectivity index (χ1v) is 9.15. The van der Waals surface area contributed by atoms with Crippen molar-refractivity contribution in [3.63, 3.8) is 0 Å². The lowest BCUT2D eigenvalue weighted by atomic mass is 10.1. The fourth-order valence-corrected chi connectivity index (χ4v) is 2.88. The molecule has 4 rings (SSSR count). The molecule has 0 aliphatic heterocycles. The molecule has 4 aromatic rings. The highest BCUT2D eigenvalue weighted by Gasteiger charge is 2.12. The van der Waals surface area contributed by atoms with Gasteiger partial charge in [0, 0.05) is 18.0 Å². The normalized spacial score (nSPS) is 12.2. The molecule has 9 nitrogen and oxygen atoms in total. The van der Waals surface area contributed by atoms with Gasteiger partial charge in [-0.2, -0.15) is 9.61 Å². The molecule has 0 saturated carbocycles. The van der Waals surface area contributed by atoms with Gasteiger partial charge >= 0.3 is 0 Å². The zero-order valence-electron chi connectivity index (χ0n) is 15.8. The highest BCUT2D eigenvalue weighted by molar-refractivity contribution is 5.96. The van der Waals surface area contributed by atoms with Crippen LogP contribution in [0.2, 0.25) is 0 Å². The molecule has 0 aliphatic rings. The van der Waals surface area contributed by atoms with E-state index in [0.29, 0.717) is 29.3 Å². The quantitative estimate of drug-likeness (QED) is 0.360. The topological polar surface area (TPSA) is 118 Å². The van der Waals surface area contributed by atoms with Crippen molar-refractivity contribution < 1.29 is 15.1 Å². The predicted octanol–water partition coefficient (Wildman–Crippen LogP) is 1.36. The van der Waals surface area contributed by atoms with E-state index >= 15 is 0 Å². The number of pyridine rings is 1. The summed E-state index contributed by atoms with van der Waals surface area (Å²) in [4.78, 5) is 9.46. The highest BCUT2D eigenvalue weighted by Crippen LogP contribution is 2.16. The molecule has 0 unspecified atom stereocenters. The number of hydrogen-bond acceptors (Lipinski definition) is 8. The SMILES string of the molecule is C/C(=N/OC(CO)CO)c1ccc2nnc(Cc3ccc4ncccc4c3)n2n1. The first-order valence-electron chi connectivity index (χ1n) is 9.15. The molecule has 29 heavy (non-hydrogen) atoms. The predicted molar refractivity (Wildman–Crippen MR) is 107 cm³/mol. The summed E-state index contributed by atoms with van der Waals surface area (Å²) >= 11 is 0. The Hall–Kier alpha value is -3.43. The molecule has 0 amide bonds. The van der Waals surface area contributed by atoms with Crippen molar-refractivity contribution in [2.24, 2.45) is 5.16 Å². The van der Waals surface area contributed by atoms with Crippen molar-refractivity contribution in [3.05, 3.63) is 65.7 Å². The van der Waals surface area contributed by atoms with Gasteiger partial charge in [-0.05, 0) is 42.8 Å². The maximum atomic E-state index is 9.07. The number of rotatable bonds is 7. The minimum atomic E-state index is -0.762. The molecule has 148 valence electrons. The van der Waals surface area contributed by atoms with Gasteiger partial charge < -0.3 is 15.1 Å². The fraction of sp³-hybridized carbons (Fsp3) is 0.250. The molecule has 0 saturated heterocycles. The first kappa shape index (κ1) is 18.9. The molecule has 9 heteroatoms. The average Bonchev–Trinajstić information content (AvgIpc) is 3.16. The van der Waals surface area contributed by atoms with Crippen molar-refractivity contribution in [2.45, 2.75) is 19.4 Å². The van der Waals surface area contributed by atoms with Crippen LogP contribution >= 0.6 is 0 Å². The van der Waals surface area contributed by atoms with E-state index in [2.05, 4.69) is 31.5 Å². The highest BCUT2D eigenvalue weighted by atomic mass is 16.6. The van der Waals surface area contributed by atoms with Crippen molar-refractivity contribution >= 4 is 22.3 Å². The zero-order chi connectivity index (χ0) is 20.2. The van der Waals surface area contributed by atoms with E-state index < -0.39 is 6.10 Å². The number of nitrogens with zero attached hydrogens (tertiary/aromatic N) is 6. The second kappa shape index (κ2) is 8.29. The Bertz CT molecular complexity index is 1170.